The molecular weight excluding hydrogens is 342 g/mol. The molecule has 0 atom stereocenters. The molecule has 2 aromatic heterocycles. The van der Waals surface area contributed by atoms with E-state index < -0.39 is 11.5 Å². The Morgan fingerprint density at radius 3 is 2.30 bits per heavy atom. The van der Waals surface area contributed by atoms with E-state index in [2.05, 4.69) is 0 Å². The Kier molecular flexibility index (Phi) is 3.95. The third-order valence-corrected chi connectivity index (χ3v) is 5.22. The highest BCUT2D eigenvalue weighted by Crippen LogP contribution is 2.42. The number of carbonyl (C=O) groups is 2. The largest absolute Gasteiger partial charge is 0.477 e. The third-order valence-electron chi connectivity index (χ3n) is 5.22. The molecule has 0 bridgehead atoms. The van der Waals surface area contributed by atoms with Crippen molar-refractivity contribution < 1.29 is 14.7 Å². The van der Waals surface area contributed by atoms with Crippen LogP contribution < -0.4 is 5.56 Å². The minimum Gasteiger partial charge on any atom is -0.477 e. The SMILES string of the molecule is Cc1ccc(C(=O)c2ccn3c(=O)c(C(=O)O)cc(C4CC4)c3c2C)cc1. The molecule has 27 heavy (non-hydrogen) atoms. The van der Waals surface area contributed by atoms with Gasteiger partial charge in [0.1, 0.15) is 5.56 Å². The third kappa shape index (κ3) is 2.85. The fraction of sp³-hybridized carbons (Fsp3) is 0.227. The van der Waals surface area contributed by atoms with Gasteiger partial charge < -0.3 is 5.11 Å². The number of carboxylic acids is 1. The Bertz CT molecular complexity index is 1150. The van der Waals surface area contributed by atoms with E-state index in [1.165, 1.54) is 16.7 Å². The maximum atomic E-state index is 13.0. The van der Waals surface area contributed by atoms with Gasteiger partial charge in [-0.1, -0.05) is 29.8 Å². The molecule has 1 saturated carbocycles. The summed E-state index contributed by atoms with van der Waals surface area (Å²) in [5.74, 6) is -1.10. The van der Waals surface area contributed by atoms with Crippen LogP contribution in [0.25, 0.3) is 5.52 Å². The van der Waals surface area contributed by atoms with Gasteiger partial charge in [0, 0.05) is 17.3 Å². The predicted octanol–water partition coefficient (Wildman–Crippen LogP) is 3.72. The van der Waals surface area contributed by atoms with Crippen LogP contribution in [0.5, 0.6) is 0 Å². The standard InChI is InChI=1S/C22H19NO4/c1-12-3-5-15(6-4-12)20(24)16-9-10-23-19(13(16)2)17(14-7-8-14)11-18(21(23)25)22(26)27/h3-6,9-11,14H,7-8H2,1-2H3,(H,26,27). The second kappa shape index (κ2) is 6.20. The highest BCUT2D eigenvalue weighted by molar-refractivity contribution is 6.10. The number of hydrogen-bond acceptors (Lipinski definition) is 3. The van der Waals surface area contributed by atoms with Crippen molar-refractivity contribution in [3.05, 3.63) is 86.3 Å². The average molecular weight is 361 g/mol. The zero-order valence-corrected chi connectivity index (χ0v) is 15.2. The topological polar surface area (TPSA) is 75.8 Å². The number of aromatic nitrogens is 1. The molecule has 0 spiro atoms. The number of aromatic carboxylic acids is 1. The average Bonchev–Trinajstić information content (AvgIpc) is 3.47. The first-order valence-corrected chi connectivity index (χ1v) is 8.92. The van der Waals surface area contributed by atoms with Crippen LogP contribution in [0.4, 0.5) is 0 Å². The number of carboxylic acid groups (broad SMARTS) is 1. The Morgan fingerprint density at radius 2 is 1.70 bits per heavy atom. The number of benzene rings is 1. The molecule has 1 N–H and O–H groups in total. The smallest absolute Gasteiger partial charge is 0.341 e. The molecule has 1 fully saturated rings. The number of pyridine rings is 2. The van der Waals surface area contributed by atoms with Crippen LogP contribution in [0.2, 0.25) is 0 Å². The molecule has 4 rings (SSSR count). The maximum Gasteiger partial charge on any atom is 0.341 e. The van der Waals surface area contributed by atoms with E-state index in [1.54, 1.807) is 18.2 Å². The van der Waals surface area contributed by atoms with Crippen molar-refractivity contribution in [1.82, 2.24) is 4.40 Å². The highest BCUT2D eigenvalue weighted by Gasteiger charge is 2.29. The molecule has 0 saturated heterocycles. The van der Waals surface area contributed by atoms with E-state index in [1.807, 2.05) is 26.0 Å². The molecule has 1 aromatic carbocycles. The second-order valence-corrected chi connectivity index (χ2v) is 7.17. The predicted molar refractivity (Wildman–Crippen MR) is 102 cm³/mol. The van der Waals surface area contributed by atoms with Crippen LogP contribution in [0.15, 0.2) is 47.4 Å². The molecule has 0 amide bonds. The Morgan fingerprint density at radius 1 is 1.04 bits per heavy atom. The summed E-state index contributed by atoms with van der Waals surface area (Å²) < 4.78 is 1.37. The van der Waals surface area contributed by atoms with Crippen LogP contribution in [-0.4, -0.2) is 21.3 Å². The van der Waals surface area contributed by atoms with Crippen molar-refractivity contribution in [2.24, 2.45) is 0 Å². The van der Waals surface area contributed by atoms with Gasteiger partial charge in [0.15, 0.2) is 5.78 Å². The van der Waals surface area contributed by atoms with Crippen LogP contribution >= 0.6 is 0 Å². The number of ketones is 1. The molecule has 0 aliphatic heterocycles. The first-order chi connectivity index (χ1) is 12.9. The molecule has 5 heteroatoms. The van der Waals surface area contributed by atoms with Crippen molar-refractivity contribution in [2.75, 3.05) is 0 Å². The van der Waals surface area contributed by atoms with Crippen molar-refractivity contribution >= 4 is 17.3 Å². The molecule has 3 aromatic rings. The van der Waals surface area contributed by atoms with Crippen LogP contribution in [0.1, 0.15) is 61.7 Å². The molecule has 0 unspecified atom stereocenters. The van der Waals surface area contributed by atoms with Crippen molar-refractivity contribution in [3.8, 4) is 0 Å². The van der Waals surface area contributed by atoms with Crippen molar-refractivity contribution in [1.29, 1.82) is 0 Å². The van der Waals surface area contributed by atoms with Crippen molar-refractivity contribution in [3.63, 3.8) is 0 Å². The number of carbonyl (C=O) groups excluding carboxylic acids is 1. The lowest BCUT2D eigenvalue weighted by Crippen LogP contribution is -2.24. The molecule has 136 valence electrons. The summed E-state index contributed by atoms with van der Waals surface area (Å²) >= 11 is 0. The molecule has 5 nitrogen and oxygen atoms in total. The van der Waals surface area contributed by atoms with E-state index in [0.29, 0.717) is 22.2 Å². The summed E-state index contributed by atoms with van der Waals surface area (Å²) in [6.45, 7) is 3.78. The van der Waals surface area contributed by atoms with E-state index in [9.17, 15) is 19.5 Å². The van der Waals surface area contributed by atoms with Gasteiger partial charge >= 0.3 is 5.97 Å². The molecule has 1 aliphatic rings. The fourth-order valence-corrected chi connectivity index (χ4v) is 3.56. The maximum absolute atomic E-state index is 13.0. The summed E-state index contributed by atoms with van der Waals surface area (Å²) in [4.78, 5) is 37.1. The number of rotatable bonds is 4. The van der Waals surface area contributed by atoms with Crippen LogP contribution in [-0.2, 0) is 0 Å². The minimum atomic E-state index is -1.23. The van der Waals surface area contributed by atoms with Crippen LogP contribution in [0, 0.1) is 13.8 Å². The summed E-state index contributed by atoms with van der Waals surface area (Å²) in [5.41, 5.74) is 3.59. The minimum absolute atomic E-state index is 0.105. The molecule has 1 aliphatic carbocycles. The normalized spacial score (nSPS) is 13.7. The Balaban J connectivity index is 1.96. The first-order valence-electron chi connectivity index (χ1n) is 8.92. The lowest BCUT2D eigenvalue weighted by molar-refractivity contribution is 0.0694. The van der Waals surface area contributed by atoms with Gasteiger partial charge in [-0.15, -0.1) is 0 Å². The van der Waals surface area contributed by atoms with Gasteiger partial charge in [-0.2, -0.15) is 0 Å². The highest BCUT2D eigenvalue weighted by atomic mass is 16.4. The van der Waals surface area contributed by atoms with E-state index >= 15 is 0 Å². The van der Waals surface area contributed by atoms with Gasteiger partial charge in [-0.05, 0) is 55.9 Å². The summed E-state index contributed by atoms with van der Waals surface area (Å²) in [6.07, 6.45) is 3.44. The van der Waals surface area contributed by atoms with Gasteiger partial charge in [-0.3, -0.25) is 14.0 Å². The van der Waals surface area contributed by atoms with E-state index in [0.717, 1.165) is 24.0 Å². The monoisotopic (exact) mass is 361 g/mol. The fourth-order valence-electron chi connectivity index (χ4n) is 3.56. The molecule has 0 radical (unpaired) electrons. The summed E-state index contributed by atoms with van der Waals surface area (Å²) in [5, 5.41) is 9.37. The van der Waals surface area contributed by atoms with E-state index in [-0.39, 0.29) is 17.3 Å². The lowest BCUT2D eigenvalue weighted by atomic mass is 9.95. The van der Waals surface area contributed by atoms with Crippen molar-refractivity contribution in [2.45, 2.75) is 32.6 Å². The molecule has 2 heterocycles. The molecular formula is C22H19NO4. The zero-order chi connectivity index (χ0) is 19.3. The number of nitrogens with zero attached hydrogens (tertiary/aromatic N) is 1. The Labute approximate surface area is 155 Å². The van der Waals surface area contributed by atoms with Gasteiger partial charge in [0.2, 0.25) is 0 Å². The summed E-state index contributed by atoms with van der Waals surface area (Å²) in [6, 6.07) is 10.5. The Hall–Kier alpha value is -3.21. The lowest BCUT2D eigenvalue weighted by Gasteiger charge is -2.14. The zero-order valence-electron chi connectivity index (χ0n) is 15.2. The van der Waals surface area contributed by atoms with Gasteiger partial charge in [0.05, 0.1) is 5.52 Å². The second-order valence-electron chi connectivity index (χ2n) is 7.17. The number of fused-ring (bicyclic) bond motifs is 1. The van der Waals surface area contributed by atoms with Gasteiger partial charge in [0.25, 0.3) is 5.56 Å². The van der Waals surface area contributed by atoms with Crippen LogP contribution in [0.3, 0.4) is 0 Å². The summed E-state index contributed by atoms with van der Waals surface area (Å²) in [7, 11) is 0. The first kappa shape index (κ1) is 17.2. The number of aryl methyl sites for hydroxylation is 2. The number of hydrogen-bond donors (Lipinski definition) is 1. The van der Waals surface area contributed by atoms with E-state index in [4.69, 9.17) is 0 Å². The quantitative estimate of drug-likeness (QED) is 0.719. The van der Waals surface area contributed by atoms with Gasteiger partial charge in [-0.25, -0.2) is 4.79 Å².